The molecule has 0 saturated carbocycles. The Labute approximate surface area is 111 Å². The molecule has 0 aliphatic rings. The number of methoxy groups -OCH3 is 1. The van der Waals surface area contributed by atoms with Crippen LogP contribution in [-0.2, 0) is 11.3 Å². The Balaban J connectivity index is 2.40. The highest BCUT2D eigenvalue weighted by Gasteiger charge is 2.05. The van der Waals surface area contributed by atoms with Crippen molar-refractivity contribution in [2.75, 3.05) is 25.6 Å². The Morgan fingerprint density at radius 2 is 2.17 bits per heavy atom. The van der Waals surface area contributed by atoms with Crippen LogP contribution in [0.5, 0.6) is 0 Å². The summed E-state index contributed by atoms with van der Waals surface area (Å²) in [4.78, 5) is 4.52. The van der Waals surface area contributed by atoms with Crippen molar-refractivity contribution < 1.29 is 4.74 Å². The summed E-state index contributed by atoms with van der Waals surface area (Å²) in [5.41, 5.74) is 1.08. The number of nitrogens with one attached hydrogen (secondary N) is 1. The van der Waals surface area contributed by atoms with Gasteiger partial charge in [-0.1, -0.05) is 13.8 Å². The normalized spacial score (nSPS) is 11.2. The molecule has 0 saturated heterocycles. The lowest BCUT2D eigenvalue weighted by molar-refractivity contribution is 0.197. The van der Waals surface area contributed by atoms with Crippen LogP contribution in [0.25, 0.3) is 0 Å². The highest BCUT2D eigenvalue weighted by molar-refractivity contribution is 5.28. The molecule has 1 rings (SSSR count). The van der Waals surface area contributed by atoms with Crippen LogP contribution in [0.4, 0.5) is 5.95 Å². The van der Waals surface area contributed by atoms with Crippen molar-refractivity contribution in [2.45, 2.75) is 46.6 Å². The lowest BCUT2D eigenvalue weighted by Gasteiger charge is -2.10. The van der Waals surface area contributed by atoms with E-state index >= 15 is 0 Å². The van der Waals surface area contributed by atoms with E-state index in [1.165, 1.54) is 12.8 Å². The first-order valence-electron chi connectivity index (χ1n) is 6.90. The van der Waals surface area contributed by atoms with Gasteiger partial charge in [-0.3, -0.25) is 0 Å². The number of aromatic nitrogens is 2. The fourth-order valence-corrected chi connectivity index (χ4v) is 1.94. The fourth-order valence-electron chi connectivity index (χ4n) is 1.94. The first-order chi connectivity index (χ1) is 8.63. The molecule has 0 atom stereocenters. The highest BCUT2D eigenvalue weighted by Crippen LogP contribution is 2.12. The van der Waals surface area contributed by atoms with Gasteiger partial charge in [-0.15, -0.1) is 0 Å². The van der Waals surface area contributed by atoms with Crippen molar-refractivity contribution in [3.63, 3.8) is 0 Å². The zero-order valence-electron chi connectivity index (χ0n) is 12.2. The molecule has 1 aromatic heterocycles. The third kappa shape index (κ3) is 5.54. The van der Waals surface area contributed by atoms with Crippen molar-refractivity contribution in [1.29, 1.82) is 0 Å². The van der Waals surface area contributed by atoms with Crippen LogP contribution in [0.3, 0.4) is 0 Å². The first kappa shape index (κ1) is 15.0. The van der Waals surface area contributed by atoms with Gasteiger partial charge >= 0.3 is 0 Å². The van der Waals surface area contributed by atoms with Crippen LogP contribution in [0.2, 0.25) is 0 Å². The van der Waals surface area contributed by atoms with Gasteiger partial charge in [0.15, 0.2) is 0 Å². The standard InChI is InChI=1S/C14H27N3O/c1-12(2)7-5-9-17-11-13(3)16-14(17)15-8-6-10-18-4/h11-12H,5-10H2,1-4H3,(H,15,16). The highest BCUT2D eigenvalue weighted by atomic mass is 16.5. The molecule has 1 heterocycles. The van der Waals surface area contributed by atoms with E-state index < -0.39 is 0 Å². The van der Waals surface area contributed by atoms with Crippen molar-refractivity contribution in [1.82, 2.24) is 9.55 Å². The Bertz CT molecular complexity index is 334. The number of rotatable bonds is 9. The Hall–Kier alpha value is -1.03. The predicted octanol–water partition coefficient (Wildman–Crippen LogP) is 3.08. The zero-order valence-corrected chi connectivity index (χ0v) is 12.2. The van der Waals surface area contributed by atoms with Crippen LogP contribution in [0.1, 0.15) is 38.8 Å². The van der Waals surface area contributed by atoms with Crippen LogP contribution >= 0.6 is 0 Å². The number of nitrogens with zero attached hydrogens (tertiary/aromatic N) is 2. The lowest BCUT2D eigenvalue weighted by atomic mass is 10.1. The summed E-state index contributed by atoms with van der Waals surface area (Å²) in [5.74, 6) is 1.76. The van der Waals surface area contributed by atoms with E-state index in [1.807, 2.05) is 6.92 Å². The molecule has 0 spiro atoms. The third-order valence-electron chi connectivity index (χ3n) is 2.89. The number of aryl methyl sites for hydroxylation is 2. The van der Waals surface area contributed by atoms with E-state index in [-0.39, 0.29) is 0 Å². The minimum Gasteiger partial charge on any atom is -0.385 e. The molecule has 18 heavy (non-hydrogen) atoms. The summed E-state index contributed by atoms with van der Waals surface area (Å²) in [6.07, 6.45) is 5.61. The van der Waals surface area contributed by atoms with E-state index in [0.717, 1.165) is 43.7 Å². The van der Waals surface area contributed by atoms with Gasteiger partial charge in [-0.25, -0.2) is 4.98 Å². The van der Waals surface area contributed by atoms with Crippen molar-refractivity contribution in [2.24, 2.45) is 5.92 Å². The summed E-state index contributed by atoms with van der Waals surface area (Å²) in [5, 5.41) is 3.38. The Morgan fingerprint density at radius 3 is 2.83 bits per heavy atom. The molecule has 0 radical (unpaired) electrons. The van der Waals surface area contributed by atoms with E-state index in [2.05, 4.69) is 34.9 Å². The maximum atomic E-state index is 5.04. The van der Waals surface area contributed by atoms with Gasteiger partial charge in [-0.2, -0.15) is 0 Å². The summed E-state index contributed by atoms with van der Waals surface area (Å²) >= 11 is 0. The summed E-state index contributed by atoms with van der Waals surface area (Å²) in [6, 6.07) is 0. The second-order valence-electron chi connectivity index (χ2n) is 5.21. The number of hydrogen-bond acceptors (Lipinski definition) is 3. The predicted molar refractivity (Wildman–Crippen MR) is 76.0 cm³/mol. The maximum absolute atomic E-state index is 5.04. The van der Waals surface area contributed by atoms with Crippen molar-refractivity contribution in [3.05, 3.63) is 11.9 Å². The molecular formula is C14H27N3O. The molecule has 0 aliphatic heterocycles. The Kier molecular flexibility index (Phi) is 6.80. The monoisotopic (exact) mass is 253 g/mol. The van der Waals surface area contributed by atoms with Crippen LogP contribution < -0.4 is 5.32 Å². The van der Waals surface area contributed by atoms with Crippen LogP contribution in [0.15, 0.2) is 6.20 Å². The van der Waals surface area contributed by atoms with Crippen LogP contribution in [-0.4, -0.2) is 29.8 Å². The number of ether oxygens (including phenoxy) is 1. The SMILES string of the molecule is COCCCNc1nc(C)cn1CCCC(C)C. The molecule has 0 aromatic carbocycles. The van der Waals surface area contributed by atoms with Gasteiger partial charge in [0.25, 0.3) is 0 Å². The fraction of sp³-hybridized carbons (Fsp3) is 0.786. The van der Waals surface area contributed by atoms with Gasteiger partial charge in [0, 0.05) is 33.0 Å². The van der Waals surface area contributed by atoms with E-state index in [9.17, 15) is 0 Å². The van der Waals surface area contributed by atoms with Crippen molar-refractivity contribution >= 4 is 5.95 Å². The van der Waals surface area contributed by atoms with Crippen molar-refractivity contribution in [3.8, 4) is 0 Å². The van der Waals surface area contributed by atoms with Gasteiger partial charge in [0.2, 0.25) is 5.95 Å². The maximum Gasteiger partial charge on any atom is 0.203 e. The van der Waals surface area contributed by atoms with Gasteiger partial charge in [-0.05, 0) is 32.1 Å². The molecule has 0 fully saturated rings. The van der Waals surface area contributed by atoms with Crippen LogP contribution in [0, 0.1) is 12.8 Å². The van der Waals surface area contributed by atoms with Gasteiger partial charge in [0.05, 0.1) is 5.69 Å². The third-order valence-corrected chi connectivity index (χ3v) is 2.89. The Morgan fingerprint density at radius 1 is 1.39 bits per heavy atom. The minimum atomic E-state index is 0.771. The van der Waals surface area contributed by atoms with E-state index in [4.69, 9.17) is 4.74 Å². The summed E-state index contributed by atoms with van der Waals surface area (Å²) in [7, 11) is 1.73. The van der Waals surface area contributed by atoms with Gasteiger partial charge in [0.1, 0.15) is 0 Å². The second kappa shape index (κ2) is 8.14. The molecule has 0 amide bonds. The smallest absolute Gasteiger partial charge is 0.203 e. The average Bonchev–Trinajstić information content (AvgIpc) is 2.65. The average molecular weight is 253 g/mol. The quantitative estimate of drug-likeness (QED) is 0.687. The topological polar surface area (TPSA) is 39.1 Å². The second-order valence-corrected chi connectivity index (χ2v) is 5.21. The van der Waals surface area contributed by atoms with E-state index in [0.29, 0.717) is 0 Å². The summed E-state index contributed by atoms with van der Waals surface area (Å²) in [6.45, 7) is 9.32. The number of anilines is 1. The molecule has 4 nitrogen and oxygen atoms in total. The zero-order chi connectivity index (χ0) is 13.4. The number of imidazole rings is 1. The largest absolute Gasteiger partial charge is 0.385 e. The molecule has 0 bridgehead atoms. The minimum absolute atomic E-state index is 0.771. The molecule has 4 heteroatoms. The molecule has 0 unspecified atom stereocenters. The molecular weight excluding hydrogens is 226 g/mol. The lowest BCUT2D eigenvalue weighted by Crippen LogP contribution is -2.10. The molecule has 0 aliphatic carbocycles. The number of hydrogen-bond donors (Lipinski definition) is 1. The molecule has 1 N–H and O–H groups in total. The van der Waals surface area contributed by atoms with Gasteiger partial charge < -0.3 is 14.6 Å². The first-order valence-corrected chi connectivity index (χ1v) is 6.90. The molecule has 1 aromatic rings. The molecule has 104 valence electrons. The summed E-state index contributed by atoms with van der Waals surface area (Å²) < 4.78 is 7.27. The van der Waals surface area contributed by atoms with E-state index in [1.54, 1.807) is 7.11 Å².